The number of hydrogen-bond donors (Lipinski definition) is 1. The van der Waals surface area contributed by atoms with Crippen LogP contribution in [0.25, 0.3) is 0 Å². The first-order chi connectivity index (χ1) is 5.81. The summed E-state index contributed by atoms with van der Waals surface area (Å²) in [6.07, 6.45) is 5.75. The standard InChI is InChI=1S/C10H20N2/c1-8(6-11)12(10-4-5-10)7-9-2-3-9/h8-10H,2-7,11H2,1H3. The first-order valence-electron chi connectivity index (χ1n) is 5.27. The summed E-state index contributed by atoms with van der Waals surface area (Å²) in [5, 5.41) is 0. The number of nitrogens with two attached hydrogens (primary N) is 1. The van der Waals surface area contributed by atoms with Crippen molar-refractivity contribution >= 4 is 0 Å². The molecule has 2 aliphatic carbocycles. The van der Waals surface area contributed by atoms with Gasteiger partial charge in [-0.15, -0.1) is 0 Å². The average molecular weight is 168 g/mol. The molecule has 2 rings (SSSR count). The van der Waals surface area contributed by atoms with Crippen LogP contribution in [0.15, 0.2) is 0 Å². The van der Waals surface area contributed by atoms with Gasteiger partial charge in [0.25, 0.3) is 0 Å². The van der Waals surface area contributed by atoms with E-state index in [0.717, 1.165) is 18.5 Å². The van der Waals surface area contributed by atoms with E-state index < -0.39 is 0 Å². The van der Waals surface area contributed by atoms with Gasteiger partial charge >= 0.3 is 0 Å². The third-order valence-corrected chi connectivity index (χ3v) is 3.09. The second kappa shape index (κ2) is 3.35. The van der Waals surface area contributed by atoms with E-state index in [1.54, 1.807) is 0 Å². The molecule has 0 aromatic heterocycles. The minimum absolute atomic E-state index is 0.609. The van der Waals surface area contributed by atoms with Crippen LogP contribution in [0.5, 0.6) is 0 Å². The molecule has 12 heavy (non-hydrogen) atoms. The molecule has 0 spiro atoms. The van der Waals surface area contributed by atoms with Gasteiger partial charge < -0.3 is 5.73 Å². The Morgan fingerprint density at radius 3 is 2.42 bits per heavy atom. The van der Waals surface area contributed by atoms with E-state index in [9.17, 15) is 0 Å². The number of hydrogen-bond acceptors (Lipinski definition) is 2. The first kappa shape index (κ1) is 8.52. The zero-order valence-corrected chi connectivity index (χ0v) is 8.00. The van der Waals surface area contributed by atoms with Crippen LogP contribution in [0.2, 0.25) is 0 Å². The molecule has 0 amide bonds. The molecule has 0 radical (unpaired) electrons. The highest BCUT2D eigenvalue weighted by Gasteiger charge is 2.35. The molecule has 70 valence electrons. The topological polar surface area (TPSA) is 29.3 Å². The highest BCUT2D eigenvalue weighted by Crippen LogP contribution is 2.35. The molecule has 1 atom stereocenters. The summed E-state index contributed by atoms with van der Waals surface area (Å²) in [6.45, 7) is 4.41. The van der Waals surface area contributed by atoms with Gasteiger partial charge in [-0.25, -0.2) is 0 Å². The maximum absolute atomic E-state index is 5.69. The van der Waals surface area contributed by atoms with Crippen molar-refractivity contribution in [3.63, 3.8) is 0 Å². The maximum Gasteiger partial charge on any atom is 0.0193 e. The van der Waals surface area contributed by atoms with Crippen molar-refractivity contribution in [1.82, 2.24) is 4.90 Å². The lowest BCUT2D eigenvalue weighted by molar-refractivity contribution is 0.194. The Balaban J connectivity index is 1.82. The van der Waals surface area contributed by atoms with Gasteiger partial charge in [0, 0.05) is 25.2 Å². The molecule has 2 aliphatic rings. The summed E-state index contributed by atoms with van der Waals surface area (Å²) >= 11 is 0. The Morgan fingerprint density at radius 2 is 2.00 bits per heavy atom. The van der Waals surface area contributed by atoms with Crippen LogP contribution in [0.4, 0.5) is 0 Å². The summed E-state index contributed by atoms with van der Waals surface area (Å²) in [6, 6.07) is 1.50. The number of rotatable bonds is 5. The highest BCUT2D eigenvalue weighted by atomic mass is 15.2. The molecule has 0 saturated heterocycles. The van der Waals surface area contributed by atoms with E-state index in [4.69, 9.17) is 5.73 Å². The molecule has 0 aliphatic heterocycles. The average Bonchev–Trinajstić information content (AvgIpc) is 2.88. The summed E-state index contributed by atoms with van der Waals surface area (Å²) < 4.78 is 0. The van der Waals surface area contributed by atoms with Gasteiger partial charge in [-0.1, -0.05) is 0 Å². The predicted molar refractivity (Wildman–Crippen MR) is 51.0 cm³/mol. The minimum atomic E-state index is 0.609. The van der Waals surface area contributed by atoms with E-state index in [1.807, 2.05) is 0 Å². The van der Waals surface area contributed by atoms with E-state index in [-0.39, 0.29) is 0 Å². The summed E-state index contributed by atoms with van der Waals surface area (Å²) in [7, 11) is 0. The predicted octanol–water partition coefficient (Wildman–Crippen LogP) is 1.21. The molecule has 2 nitrogen and oxygen atoms in total. The Kier molecular flexibility index (Phi) is 2.37. The van der Waals surface area contributed by atoms with Crippen molar-refractivity contribution < 1.29 is 0 Å². The second-order valence-corrected chi connectivity index (χ2v) is 4.46. The first-order valence-corrected chi connectivity index (χ1v) is 5.27. The molecule has 2 saturated carbocycles. The quantitative estimate of drug-likeness (QED) is 0.668. The summed E-state index contributed by atoms with van der Waals surface area (Å²) in [4.78, 5) is 2.64. The second-order valence-electron chi connectivity index (χ2n) is 4.46. The lowest BCUT2D eigenvalue weighted by Crippen LogP contribution is -2.41. The van der Waals surface area contributed by atoms with Crippen LogP contribution >= 0.6 is 0 Å². The van der Waals surface area contributed by atoms with E-state index >= 15 is 0 Å². The molecule has 0 aromatic rings. The Bertz CT molecular complexity index is 150. The maximum atomic E-state index is 5.69. The molecule has 2 fully saturated rings. The SMILES string of the molecule is CC(CN)N(CC1CC1)C1CC1. The molecular formula is C10H20N2. The van der Waals surface area contributed by atoms with Crippen LogP contribution in [0.3, 0.4) is 0 Å². The van der Waals surface area contributed by atoms with Crippen LogP contribution in [0.1, 0.15) is 32.6 Å². The van der Waals surface area contributed by atoms with Gasteiger partial charge in [0.05, 0.1) is 0 Å². The van der Waals surface area contributed by atoms with Gasteiger partial charge in [0.1, 0.15) is 0 Å². The molecule has 2 heteroatoms. The van der Waals surface area contributed by atoms with Crippen molar-refractivity contribution in [3.8, 4) is 0 Å². The van der Waals surface area contributed by atoms with Crippen molar-refractivity contribution in [2.45, 2.75) is 44.7 Å². The normalized spacial score (nSPS) is 26.2. The lowest BCUT2D eigenvalue weighted by Gasteiger charge is -2.28. The van der Waals surface area contributed by atoms with Gasteiger partial charge in [0.15, 0.2) is 0 Å². The lowest BCUT2D eigenvalue weighted by atomic mass is 10.2. The third-order valence-electron chi connectivity index (χ3n) is 3.09. The highest BCUT2D eigenvalue weighted by molar-refractivity contribution is 4.90. The molecule has 0 bridgehead atoms. The third kappa shape index (κ3) is 1.99. The van der Waals surface area contributed by atoms with Gasteiger partial charge in [-0.2, -0.15) is 0 Å². The summed E-state index contributed by atoms with van der Waals surface area (Å²) in [5.41, 5.74) is 5.69. The fourth-order valence-electron chi connectivity index (χ4n) is 1.83. The molecular weight excluding hydrogens is 148 g/mol. The Labute approximate surface area is 75.1 Å². The van der Waals surface area contributed by atoms with Crippen LogP contribution in [-0.2, 0) is 0 Å². The van der Waals surface area contributed by atoms with Crippen molar-refractivity contribution in [2.24, 2.45) is 11.7 Å². The molecule has 0 heterocycles. The van der Waals surface area contributed by atoms with Gasteiger partial charge in [-0.05, 0) is 38.5 Å². The molecule has 0 aromatic carbocycles. The van der Waals surface area contributed by atoms with Crippen molar-refractivity contribution in [3.05, 3.63) is 0 Å². The monoisotopic (exact) mass is 168 g/mol. The van der Waals surface area contributed by atoms with Gasteiger partial charge in [0.2, 0.25) is 0 Å². The Hall–Kier alpha value is -0.0800. The zero-order valence-electron chi connectivity index (χ0n) is 8.00. The minimum Gasteiger partial charge on any atom is -0.329 e. The van der Waals surface area contributed by atoms with Crippen LogP contribution in [-0.4, -0.2) is 30.1 Å². The van der Waals surface area contributed by atoms with Crippen molar-refractivity contribution in [1.29, 1.82) is 0 Å². The number of nitrogens with zero attached hydrogens (tertiary/aromatic N) is 1. The van der Waals surface area contributed by atoms with E-state index in [0.29, 0.717) is 6.04 Å². The fourth-order valence-corrected chi connectivity index (χ4v) is 1.83. The largest absolute Gasteiger partial charge is 0.329 e. The Morgan fingerprint density at radius 1 is 1.33 bits per heavy atom. The van der Waals surface area contributed by atoms with Crippen LogP contribution < -0.4 is 5.73 Å². The molecule has 2 N–H and O–H groups in total. The zero-order chi connectivity index (χ0) is 8.55. The van der Waals surface area contributed by atoms with E-state index in [2.05, 4.69) is 11.8 Å². The fraction of sp³-hybridized carbons (Fsp3) is 1.00. The van der Waals surface area contributed by atoms with Crippen LogP contribution in [0, 0.1) is 5.92 Å². The van der Waals surface area contributed by atoms with E-state index in [1.165, 1.54) is 32.2 Å². The van der Waals surface area contributed by atoms with Crippen molar-refractivity contribution in [2.75, 3.05) is 13.1 Å². The smallest absolute Gasteiger partial charge is 0.0193 e. The molecule has 1 unspecified atom stereocenters. The van der Waals surface area contributed by atoms with Gasteiger partial charge in [-0.3, -0.25) is 4.90 Å². The summed E-state index contributed by atoms with van der Waals surface area (Å²) in [5.74, 6) is 1.01.